The van der Waals surface area contributed by atoms with Crippen LogP contribution in [0.1, 0.15) is 40.5 Å². The molecule has 3 rings (SSSR count). The maximum atomic E-state index is 13.6. The molecular weight excluding hydrogens is 354 g/mol. The van der Waals surface area contributed by atoms with E-state index in [-0.39, 0.29) is 17.1 Å². The molecule has 0 aliphatic heterocycles. The standard InChI is InChI=1S/C19H24BrNO2/c1-5-21(13-9-7-6-8-10-13)16(23)19-12-11-18(4,17(19,2)3)15(22)14(19)20/h6-10,14H,5,11-12H2,1-4H3. The first kappa shape index (κ1) is 16.7. The minimum Gasteiger partial charge on any atom is -0.312 e. The van der Waals surface area contributed by atoms with E-state index in [1.54, 1.807) is 0 Å². The van der Waals surface area contributed by atoms with E-state index in [0.29, 0.717) is 6.54 Å². The lowest BCUT2D eigenvalue weighted by Crippen LogP contribution is -2.52. The van der Waals surface area contributed by atoms with E-state index in [1.807, 2.05) is 49.1 Å². The number of ketones is 1. The first-order chi connectivity index (χ1) is 10.7. The maximum absolute atomic E-state index is 13.6. The van der Waals surface area contributed by atoms with Crippen molar-refractivity contribution in [2.24, 2.45) is 16.2 Å². The zero-order valence-corrected chi connectivity index (χ0v) is 15.8. The monoisotopic (exact) mass is 377 g/mol. The van der Waals surface area contributed by atoms with Gasteiger partial charge in [0.1, 0.15) is 0 Å². The second-order valence-electron chi connectivity index (χ2n) is 7.54. The van der Waals surface area contributed by atoms with Gasteiger partial charge in [0.05, 0.1) is 10.2 Å². The number of anilines is 1. The Balaban J connectivity index is 2.09. The predicted octanol–water partition coefficient (Wildman–Crippen LogP) is 4.20. The second-order valence-corrected chi connectivity index (χ2v) is 8.46. The summed E-state index contributed by atoms with van der Waals surface area (Å²) < 4.78 is 0. The second kappa shape index (κ2) is 5.17. The Morgan fingerprint density at radius 1 is 1.22 bits per heavy atom. The van der Waals surface area contributed by atoms with Gasteiger partial charge in [-0.25, -0.2) is 0 Å². The summed E-state index contributed by atoms with van der Waals surface area (Å²) in [5, 5.41) is 0. The molecule has 4 heteroatoms. The van der Waals surface area contributed by atoms with E-state index in [1.165, 1.54) is 0 Å². The predicted molar refractivity (Wildman–Crippen MR) is 95.7 cm³/mol. The number of nitrogens with zero attached hydrogens (tertiary/aromatic N) is 1. The van der Waals surface area contributed by atoms with Crippen LogP contribution in [0, 0.1) is 16.2 Å². The summed E-state index contributed by atoms with van der Waals surface area (Å²) in [5.41, 5.74) is -0.542. The fraction of sp³-hybridized carbons (Fsp3) is 0.579. The Labute approximate surface area is 146 Å². The number of carbonyl (C=O) groups excluding carboxylic acids is 2. The number of hydrogen-bond donors (Lipinski definition) is 0. The number of para-hydroxylation sites is 1. The minimum atomic E-state index is -0.662. The van der Waals surface area contributed by atoms with E-state index in [4.69, 9.17) is 0 Å². The van der Waals surface area contributed by atoms with E-state index in [2.05, 4.69) is 29.8 Å². The van der Waals surface area contributed by atoms with Crippen LogP contribution in [0.4, 0.5) is 5.69 Å². The quantitative estimate of drug-likeness (QED) is 0.740. The van der Waals surface area contributed by atoms with E-state index in [9.17, 15) is 9.59 Å². The summed E-state index contributed by atoms with van der Waals surface area (Å²) in [7, 11) is 0. The van der Waals surface area contributed by atoms with Gasteiger partial charge in [-0.1, -0.05) is 54.9 Å². The third-order valence-corrected chi connectivity index (χ3v) is 7.93. The highest BCUT2D eigenvalue weighted by Gasteiger charge is 2.77. The van der Waals surface area contributed by atoms with E-state index < -0.39 is 15.7 Å². The van der Waals surface area contributed by atoms with Crippen molar-refractivity contribution in [1.82, 2.24) is 0 Å². The van der Waals surface area contributed by atoms with Gasteiger partial charge < -0.3 is 4.90 Å². The van der Waals surface area contributed by atoms with Crippen molar-refractivity contribution >= 4 is 33.3 Å². The molecule has 3 atom stereocenters. The Hall–Kier alpha value is -1.16. The Kier molecular flexibility index (Phi) is 3.75. The summed E-state index contributed by atoms with van der Waals surface area (Å²) in [6.45, 7) is 8.81. The molecule has 2 fully saturated rings. The average molecular weight is 378 g/mol. The highest BCUT2D eigenvalue weighted by Crippen LogP contribution is 2.72. The maximum Gasteiger partial charge on any atom is 0.235 e. The topological polar surface area (TPSA) is 37.4 Å². The van der Waals surface area contributed by atoms with Crippen molar-refractivity contribution in [2.45, 2.75) is 45.4 Å². The SMILES string of the molecule is CCN(C(=O)C12CCC(C)(C(=O)C1Br)C2(C)C)c1ccccc1. The Morgan fingerprint density at radius 2 is 1.83 bits per heavy atom. The lowest BCUT2D eigenvalue weighted by atomic mass is 9.64. The molecule has 1 aromatic rings. The fourth-order valence-electron chi connectivity index (χ4n) is 4.72. The normalized spacial score (nSPS) is 34.7. The van der Waals surface area contributed by atoms with Crippen LogP contribution < -0.4 is 4.90 Å². The van der Waals surface area contributed by atoms with Crippen LogP contribution in [0.5, 0.6) is 0 Å². The first-order valence-electron chi connectivity index (χ1n) is 8.29. The number of carbonyl (C=O) groups is 2. The molecule has 2 bridgehead atoms. The minimum absolute atomic E-state index is 0.0765. The third kappa shape index (κ3) is 1.81. The fourth-order valence-corrected chi connectivity index (χ4v) is 6.22. The lowest BCUT2D eigenvalue weighted by Gasteiger charge is -2.42. The molecule has 0 radical (unpaired) electrons. The van der Waals surface area contributed by atoms with Crippen LogP contribution in [-0.4, -0.2) is 23.1 Å². The molecule has 1 aromatic carbocycles. The van der Waals surface area contributed by atoms with Crippen molar-refractivity contribution in [3.63, 3.8) is 0 Å². The molecule has 0 aromatic heterocycles. The van der Waals surface area contributed by atoms with E-state index >= 15 is 0 Å². The summed E-state index contributed by atoms with van der Waals surface area (Å²) in [4.78, 5) is 27.9. The molecule has 2 aliphatic rings. The van der Waals surface area contributed by atoms with Gasteiger partial charge in [0.25, 0.3) is 0 Å². The molecule has 3 unspecified atom stereocenters. The smallest absolute Gasteiger partial charge is 0.235 e. The van der Waals surface area contributed by atoms with Crippen LogP contribution in [0.3, 0.4) is 0 Å². The van der Waals surface area contributed by atoms with Gasteiger partial charge in [-0.15, -0.1) is 0 Å². The van der Waals surface area contributed by atoms with Crippen LogP contribution in [0.2, 0.25) is 0 Å². The molecule has 1 amide bonds. The number of halogens is 1. The van der Waals surface area contributed by atoms with Crippen LogP contribution >= 0.6 is 15.9 Å². The molecule has 0 spiro atoms. The number of fused-ring (bicyclic) bond motifs is 2. The van der Waals surface area contributed by atoms with Gasteiger partial charge in [-0.2, -0.15) is 0 Å². The number of hydrogen-bond acceptors (Lipinski definition) is 2. The number of Topliss-reactive ketones (excluding diaryl/α,β-unsaturated/α-hetero) is 1. The van der Waals surface area contributed by atoms with Crippen LogP contribution in [0.15, 0.2) is 30.3 Å². The van der Waals surface area contributed by atoms with Crippen molar-refractivity contribution < 1.29 is 9.59 Å². The molecule has 2 aliphatic carbocycles. The highest BCUT2D eigenvalue weighted by molar-refractivity contribution is 9.10. The molecule has 23 heavy (non-hydrogen) atoms. The summed E-state index contributed by atoms with van der Waals surface area (Å²) in [6.07, 6.45) is 1.55. The van der Waals surface area contributed by atoms with E-state index in [0.717, 1.165) is 18.5 Å². The molecule has 3 nitrogen and oxygen atoms in total. The van der Waals surface area contributed by atoms with Crippen LogP contribution in [0.25, 0.3) is 0 Å². The van der Waals surface area contributed by atoms with Crippen molar-refractivity contribution in [1.29, 1.82) is 0 Å². The highest BCUT2D eigenvalue weighted by atomic mass is 79.9. The molecule has 2 saturated carbocycles. The Bertz CT molecular complexity index is 657. The molecular formula is C19H24BrNO2. The number of alkyl halides is 1. The van der Waals surface area contributed by atoms with Crippen molar-refractivity contribution in [3.05, 3.63) is 30.3 Å². The molecule has 0 heterocycles. The van der Waals surface area contributed by atoms with Gasteiger partial charge in [-0.3, -0.25) is 9.59 Å². The zero-order chi connectivity index (χ0) is 17.0. The molecule has 124 valence electrons. The number of amides is 1. The number of benzene rings is 1. The van der Waals surface area contributed by atoms with Crippen LogP contribution in [-0.2, 0) is 9.59 Å². The zero-order valence-electron chi connectivity index (χ0n) is 14.2. The van der Waals surface area contributed by atoms with Crippen molar-refractivity contribution in [2.75, 3.05) is 11.4 Å². The van der Waals surface area contributed by atoms with Gasteiger partial charge in [-0.05, 0) is 37.3 Å². The summed E-state index contributed by atoms with van der Waals surface area (Å²) in [6, 6.07) is 9.75. The third-order valence-electron chi connectivity index (χ3n) is 6.73. The summed E-state index contributed by atoms with van der Waals surface area (Å²) >= 11 is 3.60. The van der Waals surface area contributed by atoms with Gasteiger partial charge in [0, 0.05) is 17.6 Å². The number of rotatable bonds is 3. The average Bonchev–Trinajstić information content (AvgIpc) is 2.81. The first-order valence-corrected chi connectivity index (χ1v) is 9.21. The van der Waals surface area contributed by atoms with Gasteiger partial charge in [0.15, 0.2) is 5.78 Å². The van der Waals surface area contributed by atoms with Gasteiger partial charge in [0.2, 0.25) is 5.91 Å². The molecule has 0 saturated heterocycles. The molecule has 0 N–H and O–H groups in total. The summed E-state index contributed by atoms with van der Waals surface area (Å²) in [5.74, 6) is 0.263. The van der Waals surface area contributed by atoms with Gasteiger partial charge >= 0.3 is 0 Å². The largest absolute Gasteiger partial charge is 0.312 e. The Morgan fingerprint density at radius 3 is 2.30 bits per heavy atom. The lowest BCUT2D eigenvalue weighted by molar-refractivity contribution is -0.133. The van der Waals surface area contributed by atoms with Crippen molar-refractivity contribution in [3.8, 4) is 0 Å².